The van der Waals surface area contributed by atoms with Crippen molar-refractivity contribution in [3.05, 3.63) is 59.7 Å². The van der Waals surface area contributed by atoms with Gasteiger partial charge in [0.15, 0.2) is 0 Å². The molecule has 1 N–H and O–H groups in total. The van der Waals surface area contributed by atoms with Gasteiger partial charge in [-0.2, -0.15) is 0 Å². The van der Waals surface area contributed by atoms with Gasteiger partial charge in [-0.25, -0.2) is 0 Å². The third-order valence-electron chi connectivity index (χ3n) is 3.51. The fourth-order valence-corrected chi connectivity index (χ4v) is 2.45. The Morgan fingerprint density at radius 2 is 1.90 bits per heavy atom. The second-order valence-corrected chi connectivity index (χ2v) is 5.53. The van der Waals surface area contributed by atoms with Crippen molar-refractivity contribution in [1.29, 1.82) is 0 Å². The maximum atomic E-state index is 5.53. The van der Waals surface area contributed by atoms with E-state index >= 15 is 0 Å². The number of benzene rings is 2. The predicted octanol–water partition coefficient (Wildman–Crippen LogP) is 4.83. The van der Waals surface area contributed by atoms with Crippen LogP contribution in [0.2, 0.25) is 0 Å². The molecule has 2 nitrogen and oxygen atoms in total. The Kier molecular flexibility index (Phi) is 5.68. The number of anilines is 1. The smallest absolute Gasteiger partial charge is 0.121 e. The van der Waals surface area contributed by atoms with Gasteiger partial charge in [0.25, 0.3) is 0 Å². The molecule has 0 heterocycles. The van der Waals surface area contributed by atoms with Crippen molar-refractivity contribution in [2.75, 3.05) is 11.9 Å². The van der Waals surface area contributed by atoms with E-state index in [4.69, 9.17) is 4.74 Å². The van der Waals surface area contributed by atoms with E-state index < -0.39 is 0 Å². The van der Waals surface area contributed by atoms with E-state index in [0.29, 0.717) is 12.6 Å². The molecule has 1 atom stereocenters. The maximum Gasteiger partial charge on any atom is 0.121 e. The molecule has 0 aliphatic heterocycles. The summed E-state index contributed by atoms with van der Waals surface area (Å²) in [6, 6.07) is 17.4. The minimum absolute atomic E-state index is 0.433. The highest BCUT2D eigenvalue weighted by molar-refractivity contribution is 5.48. The molecule has 21 heavy (non-hydrogen) atoms. The van der Waals surface area contributed by atoms with Crippen LogP contribution in [0.1, 0.15) is 31.4 Å². The molecule has 0 aliphatic rings. The van der Waals surface area contributed by atoms with Crippen LogP contribution in [-0.2, 0) is 6.42 Å². The van der Waals surface area contributed by atoms with Crippen molar-refractivity contribution in [3.63, 3.8) is 0 Å². The first-order valence-electron chi connectivity index (χ1n) is 7.72. The zero-order chi connectivity index (χ0) is 15.1. The third-order valence-corrected chi connectivity index (χ3v) is 3.51. The van der Waals surface area contributed by atoms with E-state index in [2.05, 4.69) is 55.6 Å². The first-order valence-corrected chi connectivity index (χ1v) is 7.72. The lowest BCUT2D eigenvalue weighted by Crippen LogP contribution is -2.16. The van der Waals surface area contributed by atoms with E-state index in [1.165, 1.54) is 11.1 Å². The van der Waals surface area contributed by atoms with Crippen LogP contribution in [0.5, 0.6) is 5.75 Å². The van der Waals surface area contributed by atoms with Gasteiger partial charge in [0, 0.05) is 17.8 Å². The van der Waals surface area contributed by atoms with Crippen LogP contribution in [0.4, 0.5) is 5.69 Å². The predicted molar refractivity (Wildman–Crippen MR) is 90.2 cm³/mol. The van der Waals surface area contributed by atoms with Gasteiger partial charge in [0.2, 0.25) is 0 Å². The normalized spacial score (nSPS) is 12.0. The van der Waals surface area contributed by atoms with E-state index in [0.717, 1.165) is 24.3 Å². The SMILES string of the molecule is CCOc1cccc(NC(C)CCc2cccc(C)c2)c1. The summed E-state index contributed by atoms with van der Waals surface area (Å²) in [5.74, 6) is 0.924. The van der Waals surface area contributed by atoms with Crippen molar-refractivity contribution in [2.24, 2.45) is 0 Å². The molecule has 2 aromatic rings. The van der Waals surface area contributed by atoms with Crippen LogP contribution in [0.15, 0.2) is 48.5 Å². The van der Waals surface area contributed by atoms with Crippen molar-refractivity contribution < 1.29 is 4.74 Å². The Bertz CT molecular complexity index is 565. The highest BCUT2D eigenvalue weighted by Crippen LogP contribution is 2.19. The van der Waals surface area contributed by atoms with Crippen molar-refractivity contribution in [3.8, 4) is 5.75 Å². The van der Waals surface area contributed by atoms with E-state index in [9.17, 15) is 0 Å². The molecule has 0 bridgehead atoms. The highest BCUT2D eigenvalue weighted by Gasteiger charge is 2.04. The van der Waals surface area contributed by atoms with E-state index in [-0.39, 0.29) is 0 Å². The first-order chi connectivity index (χ1) is 10.2. The summed E-state index contributed by atoms with van der Waals surface area (Å²) in [5, 5.41) is 3.55. The zero-order valence-corrected chi connectivity index (χ0v) is 13.2. The van der Waals surface area contributed by atoms with Crippen LogP contribution in [0.25, 0.3) is 0 Å². The average molecular weight is 283 g/mol. The number of aryl methyl sites for hydroxylation is 2. The van der Waals surface area contributed by atoms with Gasteiger partial charge in [-0.3, -0.25) is 0 Å². The van der Waals surface area contributed by atoms with Crippen LogP contribution in [0.3, 0.4) is 0 Å². The Balaban J connectivity index is 1.86. The second kappa shape index (κ2) is 7.72. The quantitative estimate of drug-likeness (QED) is 0.786. The molecule has 0 radical (unpaired) electrons. The van der Waals surface area contributed by atoms with Crippen LogP contribution < -0.4 is 10.1 Å². The van der Waals surface area contributed by atoms with Crippen LogP contribution in [-0.4, -0.2) is 12.6 Å². The molecule has 2 heteroatoms. The lowest BCUT2D eigenvalue weighted by molar-refractivity contribution is 0.340. The number of hydrogen-bond donors (Lipinski definition) is 1. The topological polar surface area (TPSA) is 21.3 Å². The Morgan fingerprint density at radius 3 is 2.67 bits per heavy atom. The van der Waals surface area contributed by atoms with E-state index in [1.54, 1.807) is 0 Å². The molecule has 1 unspecified atom stereocenters. The Labute approximate surface area is 128 Å². The molecule has 0 saturated heterocycles. The van der Waals surface area contributed by atoms with Crippen molar-refractivity contribution in [1.82, 2.24) is 0 Å². The third kappa shape index (κ3) is 5.14. The van der Waals surface area contributed by atoms with E-state index in [1.807, 2.05) is 19.1 Å². The largest absolute Gasteiger partial charge is 0.494 e. The summed E-state index contributed by atoms with van der Waals surface area (Å²) in [4.78, 5) is 0. The van der Waals surface area contributed by atoms with Crippen molar-refractivity contribution in [2.45, 2.75) is 39.7 Å². The molecule has 0 saturated carbocycles. The fraction of sp³-hybridized carbons (Fsp3) is 0.368. The molecule has 0 fully saturated rings. The summed E-state index contributed by atoms with van der Waals surface area (Å²) >= 11 is 0. The monoisotopic (exact) mass is 283 g/mol. The highest BCUT2D eigenvalue weighted by atomic mass is 16.5. The first kappa shape index (κ1) is 15.4. The van der Waals surface area contributed by atoms with Crippen LogP contribution in [0, 0.1) is 6.92 Å². The number of nitrogens with one attached hydrogen (secondary N) is 1. The molecule has 112 valence electrons. The Morgan fingerprint density at radius 1 is 1.10 bits per heavy atom. The average Bonchev–Trinajstić information content (AvgIpc) is 2.46. The number of ether oxygens (including phenoxy) is 1. The molecule has 0 aromatic heterocycles. The minimum Gasteiger partial charge on any atom is -0.494 e. The van der Waals surface area contributed by atoms with Gasteiger partial charge < -0.3 is 10.1 Å². The number of hydrogen-bond acceptors (Lipinski definition) is 2. The fourth-order valence-electron chi connectivity index (χ4n) is 2.45. The standard InChI is InChI=1S/C19H25NO/c1-4-21-19-10-6-9-18(14-19)20-16(3)11-12-17-8-5-7-15(2)13-17/h5-10,13-14,16,20H,4,11-12H2,1-3H3. The van der Waals surface area contributed by atoms with Gasteiger partial charge in [0.05, 0.1) is 6.61 Å². The second-order valence-electron chi connectivity index (χ2n) is 5.53. The molecule has 2 rings (SSSR count). The van der Waals surface area contributed by atoms with Gasteiger partial charge in [0.1, 0.15) is 5.75 Å². The minimum atomic E-state index is 0.433. The molecule has 0 amide bonds. The lowest BCUT2D eigenvalue weighted by atomic mass is 10.0. The van der Waals surface area contributed by atoms with Gasteiger partial charge in [-0.05, 0) is 51.3 Å². The summed E-state index contributed by atoms with van der Waals surface area (Å²) in [5.41, 5.74) is 3.86. The molecule has 0 aliphatic carbocycles. The molecule has 0 spiro atoms. The summed E-state index contributed by atoms with van der Waals surface area (Å²) in [6.45, 7) is 7.07. The summed E-state index contributed by atoms with van der Waals surface area (Å²) < 4.78 is 5.53. The summed E-state index contributed by atoms with van der Waals surface area (Å²) in [6.07, 6.45) is 2.21. The van der Waals surface area contributed by atoms with Crippen molar-refractivity contribution >= 4 is 5.69 Å². The van der Waals surface area contributed by atoms with Gasteiger partial charge in [-0.1, -0.05) is 35.9 Å². The molecule has 2 aromatic carbocycles. The van der Waals surface area contributed by atoms with Crippen LogP contribution >= 0.6 is 0 Å². The maximum absolute atomic E-state index is 5.53. The van der Waals surface area contributed by atoms with Gasteiger partial charge in [-0.15, -0.1) is 0 Å². The number of rotatable bonds is 7. The molecular formula is C19H25NO. The Hall–Kier alpha value is -1.96. The summed E-state index contributed by atoms with van der Waals surface area (Å²) in [7, 11) is 0. The van der Waals surface area contributed by atoms with Gasteiger partial charge >= 0.3 is 0 Å². The molecular weight excluding hydrogens is 258 g/mol. The lowest BCUT2D eigenvalue weighted by Gasteiger charge is -2.16. The zero-order valence-electron chi connectivity index (χ0n) is 13.2.